The fraction of sp³-hybridized carbons (Fsp3) is 0.610. The Kier molecular flexibility index (Phi) is 23.8. The SMILES string of the molecule is COc1ccc2nc(OCCCN3CCN(CCOCCOCCOCCOCCOCCOCCOCCN)CC3)c(C#N)c(Nc3cc(OC)c(Cl)cc3Cl)c2c1. The maximum atomic E-state index is 10.3. The first kappa shape index (κ1) is 48.4. The van der Waals surface area contributed by atoms with E-state index in [9.17, 15) is 5.26 Å². The smallest absolute Gasteiger partial charge is 0.234 e. The van der Waals surface area contributed by atoms with E-state index in [1.807, 2.05) is 18.2 Å². The van der Waals surface area contributed by atoms with E-state index in [-0.39, 0.29) is 11.4 Å². The fourth-order valence-electron chi connectivity index (χ4n) is 5.99. The number of anilines is 2. The monoisotopic (exact) mass is 866 g/mol. The number of benzene rings is 2. The molecular formula is C41H60Cl2N6O10. The van der Waals surface area contributed by atoms with Gasteiger partial charge in [-0.05, 0) is 30.7 Å². The zero-order valence-electron chi connectivity index (χ0n) is 34.4. The number of pyridine rings is 1. The maximum Gasteiger partial charge on any atom is 0.234 e. The molecule has 1 aliphatic rings. The molecule has 16 nitrogen and oxygen atoms in total. The molecule has 3 aromatic rings. The van der Waals surface area contributed by atoms with Crippen molar-refractivity contribution in [2.24, 2.45) is 5.73 Å². The number of nitrogens with two attached hydrogens (primary N) is 1. The van der Waals surface area contributed by atoms with Gasteiger partial charge in [0.15, 0.2) is 0 Å². The lowest BCUT2D eigenvalue weighted by atomic mass is 10.1. The summed E-state index contributed by atoms with van der Waals surface area (Å²) in [6, 6.07) is 11.0. The van der Waals surface area contributed by atoms with E-state index in [0.717, 1.165) is 45.7 Å². The lowest BCUT2D eigenvalue weighted by Crippen LogP contribution is -2.47. The van der Waals surface area contributed by atoms with Gasteiger partial charge in [0.1, 0.15) is 23.1 Å². The lowest BCUT2D eigenvalue weighted by molar-refractivity contribution is -0.0211. The molecule has 1 fully saturated rings. The number of hydrogen-bond donors (Lipinski definition) is 2. The van der Waals surface area contributed by atoms with Gasteiger partial charge in [-0.2, -0.15) is 5.26 Å². The molecule has 0 amide bonds. The molecule has 328 valence electrons. The van der Waals surface area contributed by atoms with Gasteiger partial charge in [0.05, 0.1) is 140 Å². The van der Waals surface area contributed by atoms with E-state index in [4.69, 9.17) is 81.3 Å². The summed E-state index contributed by atoms with van der Waals surface area (Å²) in [4.78, 5) is 9.54. The minimum atomic E-state index is 0.243. The molecule has 0 spiro atoms. The quantitative estimate of drug-likeness (QED) is 0.0831. The first-order chi connectivity index (χ1) is 29.0. The van der Waals surface area contributed by atoms with Gasteiger partial charge >= 0.3 is 0 Å². The van der Waals surface area contributed by atoms with Crippen LogP contribution in [0.15, 0.2) is 30.3 Å². The van der Waals surface area contributed by atoms with Crippen molar-refractivity contribution >= 4 is 45.5 Å². The summed E-state index contributed by atoms with van der Waals surface area (Å²) in [5, 5.41) is 15.0. The van der Waals surface area contributed by atoms with Crippen molar-refractivity contribution in [3.63, 3.8) is 0 Å². The molecule has 0 saturated carbocycles. The number of aromatic nitrogens is 1. The third-order valence-corrected chi connectivity index (χ3v) is 9.75. The van der Waals surface area contributed by atoms with Gasteiger partial charge < -0.3 is 63.3 Å². The predicted octanol–water partition coefficient (Wildman–Crippen LogP) is 4.64. The number of nitrogens with zero attached hydrogens (tertiary/aromatic N) is 4. The van der Waals surface area contributed by atoms with Crippen LogP contribution in [-0.2, 0) is 33.2 Å². The number of hydrogen-bond acceptors (Lipinski definition) is 16. The van der Waals surface area contributed by atoms with Gasteiger partial charge in [-0.1, -0.05) is 23.2 Å². The topological polar surface area (TPSA) is 174 Å². The Morgan fingerprint density at radius 3 is 1.75 bits per heavy atom. The summed E-state index contributed by atoms with van der Waals surface area (Å²) < 4.78 is 55.5. The normalized spacial score (nSPS) is 13.5. The molecule has 3 N–H and O–H groups in total. The standard InChI is InChI=1S/C41H60Cl2N6O10/c1-50-32-4-5-37-33(28-32)40(46-38-30-39(51-2)36(43)29-35(38)42)34(31-45)41(47-37)59-13-3-7-48-8-10-49(11-9-48)12-15-53-17-19-55-21-23-57-25-27-58-26-24-56-22-20-54-18-16-52-14-6-44/h4-5,28-30H,3,6-27,44H2,1-2H3,(H,46,47). The van der Waals surface area contributed by atoms with Crippen molar-refractivity contribution in [1.29, 1.82) is 5.26 Å². The molecule has 2 aromatic carbocycles. The second-order valence-corrected chi connectivity index (χ2v) is 14.0. The van der Waals surface area contributed by atoms with Gasteiger partial charge in [0.25, 0.3) is 0 Å². The maximum absolute atomic E-state index is 10.3. The highest BCUT2D eigenvalue weighted by atomic mass is 35.5. The Balaban J connectivity index is 1.03. The highest BCUT2D eigenvalue weighted by Crippen LogP contribution is 2.40. The summed E-state index contributed by atoms with van der Waals surface area (Å²) in [5.41, 5.74) is 7.25. The van der Waals surface area contributed by atoms with Crippen LogP contribution in [0.2, 0.25) is 10.0 Å². The van der Waals surface area contributed by atoms with Gasteiger partial charge in [-0.3, -0.25) is 4.90 Å². The number of ether oxygens (including phenoxy) is 10. The van der Waals surface area contributed by atoms with E-state index < -0.39 is 0 Å². The Labute approximate surface area is 357 Å². The number of halogens is 2. The van der Waals surface area contributed by atoms with E-state index in [2.05, 4.69) is 21.2 Å². The van der Waals surface area contributed by atoms with Crippen LogP contribution in [0, 0.1) is 11.3 Å². The van der Waals surface area contributed by atoms with Gasteiger partial charge in [0, 0.05) is 57.3 Å². The second-order valence-electron chi connectivity index (χ2n) is 13.2. The number of methoxy groups -OCH3 is 2. The van der Waals surface area contributed by atoms with Crippen molar-refractivity contribution in [1.82, 2.24) is 14.8 Å². The molecule has 18 heteroatoms. The van der Waals surface area contributed by atoms with Crippen LogP contribution >= 0.6 is 23.2 Å². The summed E-state index contributed by atoms with van der Waals surface area (Å²) in [6.45, 7) is 14.0. The third-order valence-electron chi connectivity index (χ3n) is 9.14. The molecular weight excluding hydrogens is 807 g/mol. The average molecular weight is 868 g/mol. The van der Waals surface area contributed by atoms with E-state index in [1.54, 1.807) is 19.2 Å². The Morgan fingerprint density at radius 1 is 0.678 bits per heavy atom. The number of nitrogens with one attached hydrogen (secondary N) is 1. The Bertz CT molecular complexity index is 1680. The second kappa shape index (κ2) is 29.1. The van der Waals surface area contributed by atoms with Gasteiger partial charge in [-0.15, -0.1) is 0 Å². The zero-order chi connectivity index (χ0) is 41.9. The van der Waals surface area contributed by atoms with Gasteiger partial charge in [0.2, 0.25) is 5.88 Å². The van der Waals surface area contributed by atoms with Crippen molar-refractivity contribution in [3.05, 3.63) is 45.9 Å². The molecule has 1 aliphatic heterocycles. The summed E-state index contributed by atoms with van der Waals surface area (Å²) in [6.07, 6.45) is 0.776. The van der Waals surface area contributed by atoms with E-state index >= 15 is 0 Å². The Hall–Kier alpha value is -3.28. The predicted molar refractivity (Wildman–Crippen MR) is 227 cm³/mol. The molecule has 2 heterocycles. The highest BCUT2D eigenvalue weighted by molar-refractivity contribution is 6.37. The summed E-state index contributed by atoms with van der Waals surface area (Å²) >= 11 is 12.8. The molecule has 4 rings (SSSR count). The van der Waals surface area contributed by atoms with Crippen LogP contribution in [0.1, 0.15) is 12.0 Å². The highest BCUT2D eigenvalue weighted by Gasteiger charge is 2.20. The van der Waals surface area contributed by atoms with Crippen molar-refractivity contribution in [3.8, 4) is 23.4 Å². The largest absolute Gasteiger partial charge is 0.497 e. The minimum absolute atomic E-state index is 0.243. The molecule has 1 saturated heterocycles. The lowest BCUT2D eigenvalue weighted by Gasteiger charge is -2.34. The average Bonchev–Trinajstić information content (AvgIpc) is 3.25. The van der Waals surface area contributed by atoms with Gasteiger partial charge in [-0.25, -0.2) is 4.98 Å². The summed E-state index contributed by atoms with van der Waals surface area (Å²) in [7, 11) is 3.11. The van der Waals surface area contributed by atoms with Crippen molar-refractivity contribution < 1.29 is 47.4 Å². The fourth-order valence-corrected chi connectivity index (χ4v) is 6.50. The summed E-state index contributed by atoms with van der Waals surface area (Å²) in [5.74, 6) is 1.30. The molecule has 0 bridgehead atoms. The van der Waals surface area contributed by atoms with Crippen molar-refractivity contribution in [2.75, 3.05) is 164 Å². The molecule has 0 radical (unpaired) electrons. The van der Waals surface area contributed by atoms with Crippen LogP contribution in [0.3, 0.4) is 0 Å². The van der Waals surface area contributed by atoms with Crippen LogP contribution in [-0.4, -0.2) is 174 Å². The van der Waals surface area contributed by atoms with Crippen molar-refractivity contribution in [2.45, 2.75) is 6.42 Å². The van der Waals surface area contributed by atoms with Crippen LogP contribution < -0.4 is 25.3 Å². The Morgan fingerprint density at radius 2 is 1.22 bits per heavy atom. The van der Waals surface area contributed by atoms with Crippen LogP contribution in [0.5, 0.6) is 17.4 Å². The van der Waals surface area contributed by atoms with E-state index in [0.29, 0.717) is 149 Å². The molecule has 0 atom stereocenters. The number of fused-ring (bicyclic) bond motifs is 1. The zero-order valence-corrected chi connectivity index (χ0v) is 35.9. The van der Waals surface area contributed by atoms with Crippen LogP contribution in [0.4, 0.5) is 11.4 Å². The molecule has 0 aliphatic carbocycles. The number of nitriles is 1. The van der Waals surface area contributed by atoms with Crippen LogP contribution in [0.25, 0.3) is 10.9 Å². The van der Waals surface area contributed by atoms with E-state index in [1.165, 1.54) is 7.11 Å². The molecule has 59 heavy (non-hydrogen) atoms. The number of rotatable bonds is 32. The molecule has 1 aromatic heterocycles. The third kappa shape index (κ3) is 17.7. The minimum Gasteiger partial charge on any atom is -0.497 e. The molecule has 0 unspecified atom stereocenters. The number of piperazine rings is 1. The first-order valence-corrected chi connectivity index (χ1v) is 20.8. The first-order valence-electron chi connectivity index (χ1n) is 20.0.